The number of ether oxygens (including phenoxy) is 3. The summed E-state index contributed by atoms with van der Waals surface area (Å²) in [5.41, 5.74) is 1.82. The van der Waals surface area contributed by atoms with E-state index in [1.54, 1.807) is 4.90 Å². The zero-order valence-electron chi connectivity index (χ0n) is 22.7. The van der Waals surface area contributed by atoms with Crippen LogP contribution >= 0.6 is 0 Å². The number of benzene rings is 2. The molecular formula is C30H40N2O6. The fourth-order valence-corrected chi connectivity index (χ4v) is 4.96. The topological polar surface area (TPSA) is 97.3 Å². The lowest BCUT2D eigenvalue weighted by molar-refractivity contribution is -0.148. The number of urea groups is 1. The average Bonchev–Trinajstić information content (AvgIpc) is 3.71. The van der Waals surface area contributed by atoms with Crippen molar-refractivity contribution in [3.8, 4) is 11.5 Å². The van der Waals surface area contributed by atoms with E-state index in [2.05, 4.69) is 5.32 Å². The van der Waals surface area contributed by atoms with Crippen molar-refractivity contribution in [1.29, 1.82) is 0 Å². The van der Waals surface area contributed by atoms with Crippen LogP contribution in [0.3, 0.4) is 0 Å². The summed E-state index contributed by atoms with van der Waals surface area (Å²) >= 11 is 0. The van der Waals surface area contributed by atoms with Gasteiger partial charge in [0.05, 0.1) is 32.5 Å². The molecule has 2 fully saturated rings. The molecule has 8 heteroatoms. The van der Waals surface area contributed by atoms with Crippen molar-refractivity contribution in [2.75, 3.05) is 26.4 Å². The largest absolute Gasteiger partial charge is 0.493 e. The first-order chi connectivity index (χ1) is 18.4. The highest BCUT2D eigenvalue weighted by Crippen LogP contribution is 2.50. The summed E-state index contributed by atoms with van der Waals surface area (Å²) in [6.45, 7) is 7.97. The Kier molecular flexibility index (Phi) is 9.15. The highest BCUT2D eigenvalue weighted by atomic mass is 16.5. The number of nitrogens with one attached hydrogen (secondary N) is 1. The predicted octanol–water partition coefficient (Wildman–Crippen LogP) is 5.66. The maximum absolute atomic E-state index is 13.6. The Labute approximate surface area is 225 Å². The van der Waals surface area contributed by atoms with E-state index in [0.717, 1.165) is 47.5 Å². The smallest absolute Gasteiger partial charge is 0.329 e. The van der Waals surface area contributed by atoms with Gasteiger partial charge in [-0.25, -0.2) is 9.59 Å². The molecule has 2 amide bonds. The number of hydrogen-bond donors (Lipinski definition) is 2. The van der Waals surface area contributed by atoms with Gasteiger partial charge in [0.25, 0.3) is 0 Å². The van der Waals surface area contributed by atoms with Crippen molar-refractivity contribution in [2.24, 2.45) is 0 Å². The summed E-state index contributed by atoms with van der Waals surface area (Å²) in [5, 5.41) is 12.6. The van der Waals surface area contributed by atoms with E-state index < -0.39 is 17.5 Å². The van der Waals surface area contributed by atoms with E-state index >= 15 is 0 Å². The van der Waals surface area contributed by atoms with E-state index in [1.807, 2.05) is 63.2 Å². The second-order valence-corrected chi connectivity index (χ2v) is 10.1. The molecule has 2 aliphatic rings. The Balaban J connectivity index is 1.57. The van der Waals surface area contributed by atoms with E-state index in [0.29, 0.717) is 51.7 Å². The maximum Gasteiger partial charge on any atom is 0.329 e. The summed E-state index contributed by atoms with van der Waals surface area (Å²) in [5.74, 6) is 1.03. The molecular weight excluding hydrogens is 484 g/mol. The lowest BCUT2D eigenvalue weighted by Crippen LogP contribution is -2.62. The van der Waals surface area contributed by atoms with Crippen LogP contribution in [0.15, 0.2) is 42.5 Å². The molecule has 0 aliphatic heterocycles. The number of carbonyl (C=O) groups is 2. The summed E-state index contributed by atoms with van der Waals surface area (Å²) < 4.78 is 18.0. The number of carboxylic acid groups (broad SMARTS) is 1. The van der Waals surface area contributed by atoms with Crippen LogP contribution in [0.5, 0.6) is 11.5 Å². The summed E-state index contributed by atoms with van der Waals surface area (Å²) in [6.07, 6.45) is 3.86. The Hall–Kier alpha value is -3.26. The van der Waals surface area contributed by atoms with Crippen molar-refractivity contribution >= 4 is 12.0 Å². The van der Waals surface area contributed by atoms with Crippen LogP contribution in [0, 0.1) is 0 Å². The zero-order valence-corrected chi connectivity index (χ0v) is 22.7. The van der Waals surface area contributed by atoms with Gasteiger partial charge in [-0.3, -0.25) is 0 Å². The van der Waals surface area contributed by atoms with Gasteiger partial charge in [-0.2, -0.15) is 0 Å². The Morgan fingerprint density at radius 1 is 1.08 bits per heavy atom. The number of amides is 2. The van der Waals surface area contributed by atoms with Crippen LogP contribution in [0.4, 0.5) is 4.79 Å². The fourth-order valence-electron chi connectivity index (χ4n) is 4.96. The number of carbonyl (C=O) groups excluding carboxylic acids is 1. The van der Waals surface area contributed by atoms with Crippen LogP contribution in [-0.2, 0) is 16.1 Å². The van der Waals surface area contributed by atoms with Gasteiger partial charge in [-0.15, -0.1) is 0 Å². The number of hydrogen-bond acceptors (Lipinski definition) is 5. The SMILES string of the molecule is CCOc1cc(C(C)N(CCOCc2ccccc2)C(=O)NC2(C(=O)O)CCC2)cc(OCC)c1C1CC1. The molecule has 0 spiro atoms. The van der Waals surface area contributed by atoms with Crippen molar-refractivity contribution in [3.05, 3.63) is 59.2 Å². The molecule has 2 aliphatic carbocycles. The first-order valence-corrected chi connectivity index (χ1v) is 13.8. The standard InChI is InChI=1S/C30H40N2O6/c1-4-37-25-18-24(19-26(38-5-2)27(25)23-12-13-23)21(3)32(16-17-36-20-22-10-7-6-8-11-22)29(35)31-30(28(33)34)14-9-15-30/h6-8,10-11,18-19,21,23H,4-5,9,12-17,20H2,1-3H3,(H,31,35)(H,33,34). The normalized spacial score (nSPS) is 16.7. The minimum atomic E-state index is -1.21. The molecule has 2 N–H and O–H groups in total. The fraction of sp³-hybridized carbons (Fsp3) is 0.533. The molecule has 0 bridgehead atoms. The molecule has 0 aromatic heterocycles. The van der Waals surface area contributed by atoms with E-state index in [4.69, 9.17) is 14.2 Å². The lowest BCUT2D eigenvalue weighted by Gasteiger charge is -2.41. The monoisotopic (exact) mass is 524 g/mol. The number of nitrogens with zero attached hydrogens (tertiary/aromatic N) is 1. The van der Waals surface area contributed by atoms with Crippen LogP contribution in [0.1, 0.15) is 81.5 Å². The predicted molar refractivity (Wildman–Crippen MR) is 145 cm³/mol. The van der Waals surface area contributed by atoms with Crippen LogP contribution in [0.25, 0.3) is 0 Å². The number of carboxylic acids is 1. The van der Waals surface area contributed by atoms with Gasteiger partial charge in [0.2, 0.25) is 0 Å². The lowest BCUT2D eigenvalue weighted by atomic mass is 9.77. The van der Waals surface area contributed by atoms with Gasteiger partial charge in [0.1, 0.15) is 17.0 Å². The first kappa shape index (κ1) is 27.8. The van der Waals surface area contributed by atoms with Crippen molar-refractivity contribution in [3.63, 3.8) is 0 Å². The number of aliphatic carboxylic acids is 1. The molecule has 1 unspecified atom stereocenters. The molecule has 2 aromatic rings. The van der Waals surface area contributed by atoms with Gasteiger partial charge in [0.15, 0.2) is 0 Å². The van der Waals surface area contributed by atoms with Gasteiger partial charge in [-0.05, 0) is 82.1 Å². The second-order valence-electron chi connectivity index (χ2n) is 10.1. The van der Waals surface area contributed by atoms with Gasteiger partial charge in [-0.1, -0.05) is 30.3 Å². The zero-order chi connectivity index (χ0) is 27.1. The van der Waals surface area contributed by atoms with E-state index in [-0.39, 0.29) is 6.04 Å². The first-order valence-electron chi connectivity index (χ1n) is 13.8. The van der Waals surface area contributed by atoms with Crippen LogP contribution < -0.4 is 14.8 Å². The molecule has 0 radical (unpaired) electrons. The third-order valence-electron chi connectivity index (χ3n) is 7.47. The van der Waals surface area contributed by atoms with Gasteiger partial charge in [0, 0.05) is 12.1 Å². The van der Waals surface area contributed by atoms with E-state index in [9.17, 15) is 14.7 Å². The molecule has 1 atom stereocenters. The average molecular weight is 525 g/mol. The molecule has 38 heavy (non-hydrogen) atoms. The summed E-state index contributed by atoms with van der Waals surface area (Å²) in [6, 6.07) is 13.1. The maximum atomic E-state index is 13.6. The summed E-state index contributed by atoms with van der Waals surface area (Å²) in [4.78, 5) is 27.2. The van der Waals surface area contributed by atoms with Crippen LogP contribution in [-0.4, -0.2) is 53.9 Å². The molecule has 206 valence electrons. The Morgan fingerprint density at radius 2 is 1.71 bits per heavy atom. The van der Waals surface area contributed by atoms with Crippen molar-refractivity contribution < 1.29 is 28.9 Å². The quantitative estimate of drug-likeness (QED) is 0.310. The molecule has 2 aromatic carbocycles. The minimum absolute atomic E-state index is 0.299. The highest BCUT2D eigenvalue weighted by molar-refractivity contribution is 5.87. The molecule has 4 rings (SSSR count). The Morgan fingerprint density at radius 3 is 2.21 bits per heavy atom. The molecule has 0 saturated heterocycles. The van der Waals surface area contributed by atoms with Crippen LogP contribution in [0.2, 0.25) is 0 Å². The van der Waals surface area contributed by atoms with Crippen molar-refractivity contribution in [1.82, 2.24) is 10.2 Å². The Bertz CT molecular complexity index is 1070. The highest BCUT2D eigenvalue weighted by Gasteiger charge is 2.46. The molecule has 2 saturated carbocycles. The molecule has 0 heterocycles. The van der Waals surface area contributed by atoms with Crippen molar-refractivity contribution in [2.45, 2.75) is 77.0 Å². The third-order valence-corrected chi connectivity index (χ3v) is 7.47. The number of rotatable bonds is 14. The third kappa shape index (κ3) is 6.41. The molecule has 8 nitrogen and oxygen atoms in total. The van der Waals surface area contributed by atoms with Gasteiger partial charge >= 0.3 is 12.0 Å². The van der Waals surface area contributed by atoms with Gasteiger partial charge < -0.3 is 29.5 Å². The second kappa shape index (κ2) is 12.5. The van der Waals surface area contributed by atoms with E-state index in [1.165, 1.54) is 0 Å². The minimum Gasteiger partial charge on any atom is -0.493 e. The summed E-state index contributed by atoms with van der Waals surface area (Å²) in [7, 11) is 0.